The van der Waals surface area contributed by atoms with Crippen LogP contribution in [0.25, 0.3) is 0 Å². The van der Waals surface area contributed by atoms with Gasteiger partial charge >= 0.3 is 6.01 Å². The number of anilines is 1. The van der Waals surface area contributed by atoms with Crippen LogP contribution < -0.4 is 14.8 Å². The predicted octanol–water partition coefficient (Wildman–Crippen LogP) is 3.66. The molecule has 0 radical (unpaired) electrons. The summed E-state index contributed by atoms with van der Waals surface area (Å²) >= 11 is 0. The smallest absolute Gasteiger partial charge is 0.321 e. The Morgan fingerprint density at radius 3 is 2.50 bits per heavy atom. The monoisotopic (exact) mass is 374 g/mol. The van der Waals surface area contributed by atoms with E-state index in [1.54, 1.807) is 60.9 Å². The summed E-state index contributed by atoms with van der Waals surface area (Å²) in [4.78, 5) is 20.2. The van der Waals surface area contributed by atoms with Crippen LogP contribution >= 0.6 is 0 Å². The minimum Gasteiger partial charge on any atom is -0.484 e. The molecule has 3 rings (SSSR count). The van der Waals surface area contributed by atoms with Crippen LogP contribution in [-0.4, -0.2) is 22.5 Å². The SMILES string of the molecule is Cc1cc(Oc2ncccn2)ccc1NC(=O)COc1ccc(CC#N)cc1. The summed E-state index contributed by atoms with van der Waals surface area (Å²) < 4.78 is 11.1. The number of nitrogens with one attached hydrogen (secondary N) is 1. The lowest BCUT2D eigenvalue weighted by molar-refractivity contribution is -0.118. The second-order valence-corrected chi connectivity index (χ2v) is 5.93. The van der Waals surface area contributed by atoms with E-state index in [1.165, 1.54) is 0 Å². The summed E-state index contributed by atoms with van der Waals surface area (Å²) in [6.07, 6.45) is 3.54. The molecule has 28 heavy (non-hydrogen) atoms. The Kier molecular flexibility index (Phi) is 6.16. The molecule has 0 unspecified atom stereocenters. The molecule has 2 aromatic carbocycles. The second kappa shape index (κ2) is 9.14. The van der Waals surface area contributed by atoms with Gasteiger partial charge in [-0.1, -0.05) is 12.1 Å². The third-order valence-corrected chi connectivity index (χ3v) is 3.80. The first kappa shape index (κ1) is 18.9. The van der Waals surface area contributed by atoms with Crippen LogP contribution in [0.5, 0.6) is 17.5 Å². The van der Waals surface area contributed by atoms with Gasteiger partial charge in [-0.15, -0.1) is 0 Å². The van der Waals surface area contributed by atoms with Crippen molar-refractivity contribution in [3.05, 3.63) is 72.1 Å². The van der Waals surface area contributed by atoms with Crippen molar-refractivity contribution < 1.29 is 14.3 Å². The van der Waals surface area contributed by atoms with E-state index in [4.69, 9.17) is 14.7 Å². The highest BCUT2D eigenvalue weighted by molar-refractivity contribution is 5.92. The molecule has 1 amide bonds. The van der Waals surface area contributed by atoms with Gasteiger partial charge in [0.15, 0.2) is 6.61 Å². The van der Waals surface area contributed by atoms with Gasteiger partial charge < -0.3 is 14.8 Å². The van der Waals surface area contributed by atoms with E-state index in [0.717, 1.165) is 11.1 Å². The molecule has 140 valence electrons. The molecular formula is C21H18N4O3. The van der Waals surface area contributed by atoms with Gasteiger partial charge in [-0.3, -0.25) is 4.79 Å². The minimum atomic E-state index is -0.274. The highest BCUT2D eigenvalue weighted by Gasteiger charge is 2.08. The van der Waals surface area contributed by atoms with E-state index >= 15 is 0 Å². The molecule has 0 bridgehead atoms. The number of nitrogens with zero attached hydrogens (tertiary/aromatic N) is 3. The van der Waals surface area contributed by atoms with E-state index < -0.39 is 0 Å². The number of hydrogen-bond donors (Lipinski definition) is 1. The van der Waals surface area contributed by atoms with Gasteiger partial charge in [0.2, 0.25) is 0 Å². The van der Waals surface area contributed by atoms with Crippen LogP contribution in [0.1, 0.15) is 11.1 Å². The summed E-state index contributed by atoms with van der Waals surface area (Å²) in [6, 6.07) is 16.4. The van der Waals surface area contributed by atoms with E-state index in [0.29, 0.717) is 23.6 Å². The van der Waals surface area contributed by atoms with Crippen LogP contribution in [0.15, 0.2) is 60.9 Å². The first-order chi connectivity index (χ1) is 13.6. The van der Waals surface area contributed by atoms with Gasteiger partial charge in [0, 0.05) is 18.1 Å². The number of benzene rings is 2. The van der Waals surface area contributed by atoms with Gasteiger partial charge in [-0.2, -0.15) is 5.26 Å². The molecule has 3 aromatic rings. The molecule has 0 fully saturated rings. The van der Waals surface area contributed by atoms with E-state index in [2.05, 4.69) is 21.4 Å². The zero-order valence-electron chi connectivity index (χ0n) is 15.3. The highest BCUT2D eigenvalue weighted by atomic mass is 16.5. The maximum Gasteiger partial charge on any atom is 0.321 e. The normalized spacial score (nSPS) is 10.0. The number of carbonyl (C=O) groups excluding carboxylic acids is 1. The van der Waals surface area contributed by atoms with Crippen molar-refractivity contribution in [3.8, 4) is 23.6 Å². The number of amides is 1. The van der Waals surface area contributed by atoms with Crippen LogP contribution in [0, 0.1) is 18.3 Å². The number of rotatable bonds is 7. The van der Waals surface area contributed by atoms with Crippen molar-refractivity contribution in [2.24, 2.45) is 0 Å². The zero-order chi connectivity index (χ0) is 19.8. The second-order valence-electron chi connectivity index (χ2n) is 5.93. The molecule has 1 aromatic heterocycles. The maximum absolute atomic E-state index is 12.2. The van der Waals surface area contributed by atoms with Gasteiger partial charge in [-0.05, 0) is 54.4 Å². The summed E-state index contributed by atoms with van der Waals surface area (Å²) in [5, 5.41) is 11.5. The number of ether oxygens (including phenoxy) is 2. The fourth-order valence-corrected chi connectivity index (χ4v) is 2.41. The van der Waals surface area contributed by atoms with E-state index in [9.17, 15) is 4.79 Å². The third-order valence-electron chi connectivity index (χ3n) is 3.80. The number of nitriles is 1. The standard InChI is InChI=1S/C21H18N4O3/c1-15-13-18(28-21-23-11-2-12-24-21)7-8-19(15)25-20(26)14-27-17-5-3-16(4-6-17)9-10-22/h2-8,11-13H,9,14H2,1H3,(H,25,26). The lowest BCUT2D eigenvalue weighted by Crippen LogP contribution is -2.20. The Morgan fingerprint density at radius 1 is 1.11 bits per heavy atom. The Hall–Kier alpha value is -3.92. The van der Waals surface area contributed by atoms with Crippen molar-refractivity contribution >= 4 is 11.6 Å². The van der Waals surface area contributed by atoms with Crippen LogP contribution in [-0.2, 0) is 11.2 Å². The molecule has 0 saturated carbocycles. The quantitative estimate of drug-likeness (QED) is 0.678. The first-order valence-electron chi connectivity index (χ1n) is 8.58. The summed E-state index contributed by atoms with van der Waals surface area (Å²) in [7, 11) is 0. The molecule has 0 aliphatic heterocycles. The summed E-state index contributed by atoms with van der Waals surface area (Å²) in [5.41, 5.74) is 2.40. The van der Waals surface area contributed by atoms with Crippen molar-refractivity contribution in [2.75, 3.05) is 11.9 Å². The fraction of sp³-hybridized carbons (Fsp3) is 0.143. The Morgan fingerprint density at radius 2 is 1.82 bits per heavy atom. The van der Waals surface area contributed by atoms with Gasteiger partial charge in [0.05, 0.1) is 12.5 Å². The lowest BCUT2D eigenvalue weighted by Gasteiger charge is -2.11. The summed E-state index contributed by atoms with van der Waals surface area (Å²) in [6.45, 7) is 1.75. The predicted molar refractivity (Wildman–Crippen MR) is 103 cm³/mol. The largest absolute Gasteiger partial charge is 0.484 e. The number of aryl methyl sites for hydroxylation is 1. The number of carbonyl (C=O) groups is 1. The fourth-order valence-electron chi connectivity index (χ4n) is 2.41. The summed E-state index contributed by atoms with van der Waals surface area (Å²) in [5.74, 6) is 0.875. The molecule has 0 atom stereocenters. The average Bonchev–Trinajstić information content (AvgIpc) is 2.71. The molecule has 0 aliphatic carbocycles. The van der Waals surface area contributed by atoms with E-state index in [-0.39, 0.29) is 18.5 Å². The Labute approximate surface area is 162 Å². The van der Waals surface area contributed by atoms with Crippen molar-refractivity contribution in [1.82, 2.24) is 9.97 Å². The number of hydrogen-bond acceptors (Lipinski definition) is 6. The molecular weight excluding hydrogens is 356 g/mol. The first-order valence-corrected chi connectivity index (χ1v) is 8.58. The Bertz CT molecular complexity index is 983. The molecule has 1 heterocycles. The molecule has 7 nitrogen and oxygen atoms in total. The Balaban J connectivity index is 1.54. The third kappa shape index (κ3) is 5.29. The average molecular weight is 374 g/mol. The van der Waals surface area contributed by atoms with Crippen molar-refractivity contribution in [2.45, 2.75) is 13.3 Å². The minimum absolute atomic E-state index is 0.118. The molecule has 7 heteroatoms. The molecule has 0 saturated heterocycles. The molecule has 0 spiro atoms. The van der Waals surface area contributed by atoms with Crippen molar-refractivity contribution in [1.29, 1.82) is 5.26 Å². The number of aromatic nitrogens is 2. The molecule has 0 aliphatic rings. The highest BCUT2D eigenvalue weighted by Crippen LogP contribution is 2.24. The van der Waals surface area contributed by atoms with E-state index in [1.807, 2.05) is 6.92 Å². The van der Waals surface area contributed by atoms with Gasteiger partial charge in [-0.25, -0.2) is 9.97 Å². The van der Waals surface area contributed by atoms with Gasteiger partial charge in [0.25, 0.3) is 5.91 Å². The maximum atomic E-state index is 12.2. The zero-order valence-corrected chi connectivity index (χ0v) is 15.3. The van der Waals surface area contributed by atoms with Gasteiger partial charge in [0.1, 0.15) is 11.5 Å². The van der Waals surface area contributed by atoms with Crippen LogP contribution in [0.3, 0.4) is 0 Å². The van der Waals surface area contributed by atoms with Crippen LogP contribution in [0.2, 0.25) is 0 Å². The van der Waals surface area contributed by atoms with Crippen molar-refractivity contribution in [3.63, 3.8) is 0 Å². The topological polar surface area (TPSA) is 97.1 Å². The van der Waals surface area contributed by atoms with Crippen LogP contribution in [0.4, 0.5) is 5.69 Å². The molecule has 1 N–H and O–H groups in total. The lowest BCUT2D eigenvalue weighted by atomic mass is 10.2.